The first-order valence-electron chi connectivity index (χ1n) is 13.0. The van der Waals surface area contributed by atoms with Gasteiger partial charge in [0.1, 0.15) is 30.7 Å². The monoisotopic (exact) mass is 499 g/mol. The molecule has 4 aromatic rings. The number of aromatic nitrogens is 1. The van der Waals surface area contributed by atoms with E-state index >= 15 is 0 Å². The van der Waals surface area contributed by atoms with E-state index in [4.69, 9.17) is 9.26 Å². The van der Waals surface area contributed by atoms with Crippen LogP contribution in [0, 0.1) is 11.7 Å². The van der Waals surface area contributed by atoms with Gasteiger partial charge in [-0.15, -0.1) is 0 Å². The molecular weight excluding hydrogens is 467 g/mol. The summed E-state index contributed by atoms with van der Waals surface area (Å²) in [4.78, 5) is 0. The molecule has 0 aliphatic carbocycles. The van der Waals surface area contributed by atoms with Gasteiger partial charge in [-0.3, -0.25) is 0 Å². The molecule has 3 aliphatic rings. The van der Waals surface area contributed by atoms with Crippen molar-refractivity contribution in [2.45, 2.75) is 37.7 Å². The van der Waals surface area contributed by atoms with Crippen molar-refractivity contribution < 1.29 is 23.2 Å². The molecule has 0 amide bonds. The summed E-state index contributed by atoms with van der Waals surface area (Å²) in [5, 5.41) is 16.4. The number of fused-ring (bicyclic) bond motifs is 3. The van der Waals surface area contributed by atoms with Crippen LogP contribution in [-0.2, 0) is 23.5 Å². The van der Waals surface area contributed by atoms with Crippen LogP contribution < -0.4 is 0 Å². The molecule has 3 saturated heterocycles. The maximum Gasteiger partial charge on any atom is 0.191 e. The Balaban J connectivity index is 1.21. The zero-order valence-corrected chi connectivity index (χ0v) is 20.8. The fourth-order valence-electron chi connectivity index (χ4n) is 6.13. The number of hydrogen-bond acceptors (Lipinski definition) is 4. The van der Waals surface area contributed by atoms with Crippen LogP contribution in [0.5, 0.6) is 0 Å². The molecule has 5 nitrogen and oxygen atoms in total. The van der Waals surface area contributed by atoms with Gasteiger partial charge in [0, 0.05) is 24.8 Å². The van der Waals surface area contributed by atoms with Crippen LogP contribution in [0.2, 0.25) is 0 Å². The molecule has 1 N–H and O–H groups in total. The number of rotatable bonds is 8. The minimum Gasteiger partial charge on any atom is -0.374 e. The molecule has 0 radical (unpaired) electrons. The topological polar surface area (TPSA) is 55.5 Å². The normalized spacial score (nSPS) is 23.3. The van der Waals surface area contributed by atoms with E-state index in [2.05, 4.69) is 5.16 Å². The second-order valence-corrected chi connectivity index (χ2v) is 10.6. The van der Waals surface area contributed by atoms with Gasteiger partial charge in [-0.25, -0.2) is 4.39 Å². The molecule has 2 bridgehead atoms. The first-order valence-corrected chi connectivity index (χ1v) is 13.0. The average Bonchev–Trinajstić information content (AvgIpc) is 3.42. The van der Waals surface area contributed by atoms with Crippen molar-refractivity contribution in [3.8, 4) is 0 Å². The van der Waals surface area contributed by atoms with E-state index in [0.717, 1.165) is 66.0 Å². The molecule has 190 valence electrons. The molecule has 3 aliphatic heterocycles. The highest BCUT2D eigenvalue weighted by atomic mass is 19.1. The number of ether oxygens (including phenoxy) is 1. The van der Waals surface area contributed by atoms with Crippen LogP contribution in [0.25, 0.3) is 0 Å². The molecular formula is C31H32FN2O3+. The van der Waals surface area contributed by atoms with E-state index in [9.17, 15) is 9.50 Å². The number of hydrogen-bond donors (Lipinski definition) is 1. The molecule has 1 atom stereocenters. The average molecular weight is 500 g/mol. The molecule has 6 heteroatoms. The number of piperidine rings is 3. The second-order valence-electron chi connectivity index (χ2n) is 10.6. The summed E-state index contributed by atoms with van der Waals surface area (Å²) < 4.78 is 26.4. The molecule has 0 saturated carbocycles. The predicted octanol–water partition coefficient (Wildman–Crippen LogP) is 5.42. The Hall–Kier alpha value is -3.32. The largest absolute Gasteiger partial charge is 0.374 e. The summed E-state index contributed by atoms with van der Waals surface area (Å²) >= 11 is 0. The van der Waals surface area contributed by atoms with E-state index in [0.29, 0.717) is 18.2 Å². The molecule has 1 aromatic heterocycles. The third-order valence-electron chi connectivity index (χ3n) is 8.22. The fourth-order valence-corrected chi connectivity index (χ4v) is 6.13. The van der Waals surface area contributed by atoms with Crippen molar-refractivity contribution in [3.05, 3.63) is 125 Å². The van der Waals surface area contributed by atoms with E-state index in [-0.39, 0.29) is 11.9 Å². The fraction of sp³-hybridized carbons (Fsp3) is 0.323. The number of nitrogens with zero attached hydrogens (tertiary/aromatic N) is 2. The van der Waals surface area contributed by atoms with Crippen LogP contribution >= 0.6 is 0 Å². The molecule has 37 heavy (non-hydrogen) atoms. The van der Waals surface area contributed by atoms with Crippen molar-refractivity contribution in [1.82, 2.24) is 5.16 Å². The van der Waals surface area contributed by atoms with Gasteiger partial charge in [-0.1, -0.05) is 78.0 Å². The van der Waals surface area contributed by atoms with Crippen LogP contribution in [0.4, 0.5) is 4.39 Å². The third kappa shape index (κ3) is 4.73. The van der Waals surface area contributed by atoms with Gasteiger partial charge in [0.15, 0.2) is 11.4 Å². The van der Waals surface area contributed by atoms with Crippen molar-refractivity contribution in [1.29, 1.82) is 0 Å². The summed E-state index contributed by atoms with van der Waals surface area (Å²) in [5.74, 6) is 1.11. The first kappa shape index (κ1) is 24.0. The molecule has 3 aromatic carbocycles. The van der Waals surface area contributed by atoms with Crippen LogP contribution in [0.15, 0.2) is 95.5 Å². The number of halogens is 1. The Morgan fingerprint density at radius 3 is 2.16 bits per heavy atom. The van der Waals surface area contributed by atoms with E-state index in [1.165, 1.54) is 12.1 Å². The van der Waals surface area contributed by atoms with E-state index in [1.807, 2.05) is 66.7 Å². The Bertz CT molecular complexity index is 1280. The highest BCUT2D eigenvalue weighted by molar-refractivity contribution is 5.44. The quantitative estimate of drug-likeness (QED) is 0.329. The molecule has 0 spiro atoms. The molecule has 4 heterocycles. The van der Waals surface area contributed by atoms with Crippen molar-refractivity contribution in [2.24, 2.45) is 5.92 Å². The smallest absolute Gasteiger partial charge is 0.191 e. The lowest BCUT2D eigenvalue weighted by molar-refractivity contribution is -0.959. The first-order chi connectivity index (χ1) is 18.0. The third-order valence-corrected chi connectivity index (χ3v) is 8.22. The van der Waals surface area contributed by atoms with Crippen molar-refractivity contribution >= 4 is 0 Å². The Morgan fingerprint density at radius 1 is 0.919 bits per heavy atom. The summed E-state index contributed by atoms with van der Waals surface area (Å²) in [6, 6.07) is 27.7. The molecule has 0 unspecified atom stereocenters. The van der Waals surface area contributed by atoms with Crippen molar-refractivity contribution in [2.75, 3.05) is 19.6 Å². The van der Waals surface area contributed by atoms with Gasteiger partial charge in [0.05, 0.1) is 19.7 Å². The maximum absolute atomic E-state index is 13.3. The highest BCUT2D eigenvalue weighted by Crippen LogP contribution is 2.39. The zero-order valence-electron chi connectivity index (χ0n) is 20.8. The van der Waals surface area contributed by atoms with Crippen LogP contribution in [-0.4, -0.2) is 40.5 Å². The molecule has 7 rings (SSSR count). The summed E-state index contributed by atoms with van der Waals surface area (Å²) in [5.41, 5.74) is 1.58. The van der Waals surface area contributed by atoms with Gasteiger partial charge in [0.2, 0.25) is 0 Å². The Morgan fingerprint density at radius 2 is 1.54 bits per heavy atom. The standard InChI is InChI=1S/C31H32FN2O3/c32-27-13-11-23(12-14-27)22-36-29-21-34(17-15-24(29)16-18-34)20-28-19-30(33-37-28)31(35,25-7-3-1-4-8-25)26-9-5-2-6-10-26/h1-14,19,24,29,35H,15-18,20-22H2/q+1/t24?,29-,34?/m0/s1. The van der Waals surface area contributed by atoms with Gasteiger partial charge in [-0.2, -0.15) is 0 Å². The minimum atomic E-state index is -1.40. The number of aliphatic hydroxyl groups is 1. The van der Waals surface area contributed by atoms with E-state index in [1.54, 1.807) is 12.1 Å². The minimum absolute atomic E-state index is 0.167. The van der Waals surface area contributed by atoms with Crippen LogP contribution in [0.1, 0.15) is 41.0 Å². The second kappa shape index (κ2) is 9.86. The van der Waals surface area contributed by atoms with Gasteiger partial charge >= 0.3 is 0 Å². The van der Waals surface area contributed by atoms with Crippen LogP contribution in [0.3, 0.4) is 0 Å². The Kier molecular flexibility index (Phi) is 6.41. The lowest BCUT2D eigenvalue weighted by atomic mass is 9.82. The Labute approximate surface area is 216 Å². The van der Waals surface area contributed by atoms with Gasteiger partial charge in [0.25, 0.3) is 0 Å². The maximum atomic E-state index is 13.3. The number of quaternary nitrogens is 1. The summed E-state index contributed by atoms with van der Waals surface area (Å²) in [6.07, 6.45) is 2.40. The lowest BCUT2D eigenvalue weighted by Gasteiger charge is -2.51. The summed E-state index contributed by atoms with van der Waals surface area (Å²) in [6.45, 7) is 4.30. The lowest BCUT2D eigenvalue weighted by Crippen LogP contribution is -2.63. The van der Waals surface area contributed by atoms with Crippen molar-refractivity contribution in [3.63, 3.8) is 0 Å². The van der Waals surface area contributed by atoms with Gasteiger partial charge in [-0.05, 0) is 28.8 Å². The van der Waals surface area contributed by atoms with Gasteiger partial charge < -0.3 is 18.8 Å². The van der Waals surface area contributed by atoms with E-state index < -0.39 is 5.60 Å². The molecule has 3 fully saturated rings. The summed E-state index contributed by atoms with van der Waals surface area (Å²) in [7, 11) is 0. The zero-order chi connectivity index (χ0) is 25.3. The number of benzene rings is 3. The highest BCUT2D eigenvalue weighted by Gasteiger charge is 2.47. The predicted molar refractivity (Wildman–Crippen MR) is 138 cm³/mol. The SMILES string of the molecule is OC(c1ccccc1)(c1ccccc1)c1cc(C[N+]23CCC(CC2)[C@@H](OCc2ccc(F)cc2)C3)on1.